The number of carbonyl (C=O) groups is 3. The van der Waals surface area contributed by atoms with Crippen molar-refractivity contribution in [3.05, 3.63) is 96.1 Å². The first kappa shape index (κ1) is 19.1. The fourth-order valence-electron chi connectivity index (χ4n) is 2.98. The zero-order chi connectivity index (χ0) is 20.9. The van der Waals surface area contributed by atoms with Gasteiger partial charge >= 0.3 is 5.97 Å². The number of benzene rings is 3. The van der Waals surface area contributed by atoms with Crippen LogP contribution in [0, 0.1) is 0 Å². The third-order valence-corrected chi connectivity index (χ3v) is 4.38. The lowest BCUT2D eigenvalue weighted by molar-refractivity contribution is -0.116. The highest BCUT2D eigenvalue weighted by molar-refractivity contribution is 6.19. The van der Waals surface area contributed by atoms with E-state index in [9.17, 15) is 14.4 Å². The second-order valence-electron chi connectivity index (χ2n) is 6.47. The van der Waals surface area contributed by atoms with Crippen molar-refractivity contribution >= 4 is 29.3 Å². The number of ether oxygens (including phenoxy) is 1. The van der Waals surface area contributed by atoms with Crippen molar-refractivity contribution in [2.75, 3.05) is 5.01 Å². The summed E-state index contributed by atoms with van der Waals surface area (Å²) in [5.41, 5.74) is 0.856. The second kappa shape index (κ2) is 8.40. The molecule has 30 heavy (non-hydrogen) atoms. The molecule has 0 spiro atoms. The molecule has 1 heterocycles. The molecule has 0 atom stereocenters. The summed E-state index contributed by atoms with van der Waals surface area (Å²) in [6, 6.07) is 23.8. The molecular formula is C23H17N3O4. The van der Waals surface area contributed by atoms with Crippen LogP contribution >= 0.6 is 0 Å². The van der Waals surface area contributed by atoms with Gasteiger partial charge in [0.1, 0.15) is 11.6 Å². The van der Waals surface area contributed by atoms with Gasteiger partial charge in [-0.15, -0.1) is 0 Å². The monoisotopic (exact) mass is 399 g/mol. The Kier molecular flexibility index (Phi) is 5.34. The molecule has 0 aliphatic carbocycles. The fraction of sp³-hybridized carbons (Fsp3) is 0.0435. The molecular weight excluding hydrogens is 382 g/mol. The minimum Gasteiger partial charge on any atom is -0.423 e. The van der Waals surface area contributed by atoms with Gasteiger partial charge in [-0.1, -0.05) is 48.5 Å². The van der Waals surface area contributed by atoms with E-state index in [0.29, 0.717) is 11.4 Å². The van der Waals surface area contributed by atoms with E-state index in [1.165, 1.54) is 17.1 Å². The molecule has 1 N–H and O–H groups in total. The van der Waals surface area contributed by atoms with Gasteiger partial charge in [0.05, 0.1) is 23.2 Å². The lowest BCUT2D eigenvalue weighted by Gasteiger charge is -2.10. The minimum atomic E-state index is -0.651. The molecule has 7 heteroatoms. The van der Waals surface area contributed by atoms with Crippen molar-refractivity contribution in [1.82, 2.24) is 5.32 Å². The number of amidine groups is 1. The van der Waals surface area contributed by atoms with Crippen LogP contribution in [0.4, 0.5) is 5.69 Å². The van der Waals surface area contributed by atoms with Gasteiger partial charge in [-0.3, -0.25) is 9.59 Å². The Morgan fingerprint density at radius 2 is 1.43 bits per heavy atom. The van der Waals surface area contributed by atoms with E-state index in [1.807, 2.05) is 6.07 Å². The first-order valence-corrected chi connectivity index (χ1v) is 9.25. The number of amides is 2. The lowest BCUT2D eigenvalue weighted by Crippen LogP contribution is -2.31. The third kappa shape index (κ3) is 4.10. The smallest absolute Gasteiger partial charge is 0.344 e. The predicted molar refractivity (Wildman–Crippen MR) is 111 cm³/mol. The summed E-state index contributed by atoms with van der Waals surface area (Å²) in [6.07, 6.45) is -0.0444. The van der Waals surface area contributed by atoms with Gasteiger partial charge in [0.25, 0.3) is 11.8 Å². The van der Waals surface area contributed by atoms with Crippen LogP contribution in [-0.2, 0) is 4.79 Å². The zero-order valence-corrected chi connectivity index (χ0v) is 15.8. The van der Waals surface area contributed by atoms with E-state index in [4.69, 9.17) is 4.74 Å². The average molecular weight is 399 g/mol. The van der Waals surface area contributed by atoms with Crippen molar-refractivity contribution in [1.29, 1.82) is 0 Å². The van der Waals surface area contributed by atoms with Gasteiger partial charge in [0.15, 0.2) is 0 Å². The number of nitrogens with zero attached hydrogens (tertiary/aromatic N) is 2. The number of nitrogens with one attached hydrogen (secondary N) is 1. The number of esters is 1. The summed E-state index contributed by atoms with van der Waals surface area (Å²) in [4.78, 5) is 37.6. The summed E-state index contributed by atoms with van der Waals surface area (Å²) in [7, 11) is 0. The Labute approximate surface area is 172 Å². The second-order valence-corrected chi connectivity index (χ2v) is 6.47. The van der Waals surface area contributed by atoms with Crippen molar-refractivity contribution < 1.29 is 19.1 Å². The van der Waals surface area contributed by atoms with Gasteiger partial charge in [0.2, 0.25) is 0 Å². The summed E-state index contributed by atoms with van der Waals surface area (Å²) in [6.45, 7) is 0. The molecule has 3 aromatic rings. The van der Waals surface area contributed by atoms with Crippen LogP contribution < -0.4 is 15.1 Å². The minimum absolute atomic E-state index is 0.0444. The van der Waals surface area contributed by atoms with Gasteiger partial charge in [-0.25, -0.2) is 4.79 Å². The molecule has 0 saturated carbocycles. The highest BCUT2D eigenvalue weighted by Crippen LogP contribution is 2.20. The molecule has 0 saturated heterocycles. The molecule has 4 rings (SSSR count). The normalized spacial score (nSPS) is 13.0. The number of carbonyl (C=O) groups excluding carboxylic acids is 3. The van der Waals surface area contributed by atoms with Crippen LogP contribution in [0.5, 0.6) is 5.75 Å². The van der Waals surface area contributed by atoms with Crippen molar-refractivity contribution in [3.8, 4) is 5.75 Å². The third-order valence-electron chi connectivity index (χ3n) is 4.38. The maximum Gasteiger partial charge on any atom is 0.344 e. The van der Waals surface area contributed by atoms with Gasteiger partial charge in [-0.05, 0) is 36.4 Å². The van der Waals surface area contributed by atoms with E-state index >= 15 is 0 Å². The van der Waals surface area contributed by atoms with E-state index in [0.717, 1.165) is 0 Å². The van der Waals surface area contributed by atoms with E-state index in [2.05, 4.69) is 10.4 Å². The average Bonchev–Trinajstić information content (AvgIpc) is 3.15. The molecule has 1 aliphatic heterocycles. The fourth-order valence-corrected chi connectivity index (χ4v) is 2.98. The molecule has 7 nitrogen and oxygen atoms in total. The summed E-state index contributed by atoms with van der Waals surface area (Å²) in [5.74, 6) is -0.866. The van der Waals surface area contributed by atoms with Crippen molar-refractivity contribution in [2.24, 2.45) is 5.10 Å². The standard InChI is InChI=1S/C23H17N3O4/c27-21-15-20(25-26(21)16-9-3-1-4-10-16)24-22(28)18-13-7-8-14-19(18)23(29)30-17-11-5-2-6-12-17/h1-14H,15H2,(H,24,25,28). The number of hydrogen-bond acceptors (Lipinski definition) is 5. The maximum absolute atomic E-state index is 12.8. The van der Waals surface area contributed by atoms with Crippen LogP contribution in [0.2, 0.25) is 0 Å². The maximum atomic E-state index is 12.8. The SMILES string of the molecule is O=C(NC1=NN(c2ccccc2)C(=O)C1)c1ccccc1C(=O)Oc1ccccc1. The molecule has 0 bridgehead atoms. The van der Waals surface area contributed by atoms with E-state index < -0.39 is 11.9 Å². The summed E-state index contributed by atoms with van der Waals surface area (Å²) < 4.78 is 5.34. The Bertz CT molecular complexity index is 1130. The van der Waals surface area contributed by atoms with E-state index in [1.54, 1.807) is 66.7 Å². The highest BCUT2D eigenvalue weighted by Gasteiger charge is 2.27. The quantitative estimate of drug-likeness (QED) is 0.538. The Balaban J connectivity index is 1.52. The number of hydrogen-bond donors (Lipinski definition) is 1. The molecule has 0 radical (unpaired) electrons. The number of hydrazone groups is 1. The molecule has 0 aromatic heterocycles. The van der Waals surface area contributed by atoms with Gasteiger partial charge in [-0.2, -0.15) is 10.1 Å². The molecule has 0 unspecified atom stereocenters. The Morgan fingerprint density at radius 3 is 2.13 bits per heavy atom. The molecule has 3 aromatic carbocycles. The first-order chi connectivity index (χ1) is 14.6. The zero-order valence-electron chi connectivity index (χ0n) is 15.8. The highest BCUT2D eigenvalue weighted by atomic mass is 16.5. The van der Waals surface area contributed by atoms with Crippen molar-refractivity contribution in [2.45, 2.75) is 6.42 Å². The molecule has 148 valence electrons. The Hall–Kier alpha value is -4.26. The van der Waals surface area contributed by atoms with E-state index in [-0.39, 0.29) is 29.3 Å². The number of para-hydroxylation sites is 2. The van der Waals surface area contributed by atoms with Crippen LogP contribution in [0.25, 0.3) is 0 Å². The molecule has 1 aliphatic rings. The largest absolute Gasteiger partial charge is 0.423 e. The van der Waals surface area contributed by atoms with Gasteiger partial charge in [0, 0.05) is 0 Å². The summed E-state index contributed by atoms with van der Waals surface area (Å²) >= 11 is 0. The first-order valence-electron chi connectivity index (χ1n) is 9.25. The lowest BCUT2D eigenvalue weighted by atomic mass is 10.1. The van der Waals surface area contributed by atoms with Crippen LogP contribution in [0.1, 0.15) is 27.1 Å². The van der Waals surface area contributed by atoms with Crippen molar-refractivity contribution in [3.63, 3.8) is 0 Å². The van der Waals surface area contributed by atoms with Crippen LogP contribution in [0.3, 0.4) is 0 Å². The Morgan fingerprint density at radius 1 is 0.833 bits per heavy atom. The number of anilines is 1. The van der Waals surface area contributed by atoms with Crippen LogP contribution in [-0.4, -0.2) is 23.6 Å². The predicted octanol–water partition coefficient (Wildman–Crippen LogP) is 3.39. The van der Waals surface area contributed by atoms with Crippen LogP contribution in [0.15, 0.2) is 90.0 Å². The number of rotatable bonds is 4. The topological polar surface area (TPSA) is 88.1 Å². The molecule has 0 fully saturated rings. The summed E-state index contributed by atoms with van der Waals surface area (Å²) in [5, 5.41) is 8.07. The van der Waals surface area contributed by atoms with Gasteiger partial charge < -0.3 is 10.1 Å². The molecule has 2 amide bonds.